The lowest BCUT2D eigenvalue weighted by molar-refractivity contribution is -0.122. The van der Waals surface area contributed by atoms with E-state index >= 15 is 0 Å². The highest BCUT2D eigenvalue weighted by molar-refractivity contribution is 5.83. The molecule has 0 aromatic rings. The van der Waals surface area contributed by atoms with Crippen molar-refractivity contribution < 1.29 is 14.3 Å². The molecule has 2 atom stereocenters. The van der Waals surface area contributed by atoms with Gasteiger partial charge in [0.1, 0.15) is 5.78 Å². The molecule has 0 aromatic heterocycles. The van der Waals surface area contributed by atoms with Crippen molar-refractivity contribution in [2.24, 2.45) is 5.92 Å². The molecule has 4 nitrogen and oxygen atoms in total. The number of methoxy groups -OCH3 is 1. The van der Waals surface area contributed by atoms with E-state index in [-0.39, 0.29) is 0 Å². The van der Waals surface area contributed by atoms with Crippen molar-refractivity contribution in [2.75, 3.05) is 40.0 Å². The molecule has 4 heteroatoms. The lowest BCUT2D eigenvalue weighted by Crippen LogP contribution is -2.39. The fourth-order valence-electron chi connectivity index (χ4n) is 3.42. The van der Waals surface area contributed by atoms with Crippen LogP contribution in [0.3, 0.4) is 0 Å². The predicted octanol–water partition coefficient (Wildman–Crippen LogP) is 1.87. The fraction of sp³-hybridized carbons (Fsp3) is 0.933. The zero-order valence-electron chi connectivity index (χ0n) is 12.1. The first kappa shape index (κ1) is 14.9. The molecule has 19 heavy (non-hydrogen) atoms. The Morgan fingerprint density at radius 3 is 2.84 bits per heavy atom. The zero-order chi connectivity index (χ0) is 13.5. The van der Waals surface area contributed by atoms with Gasteiger partial charge in [0.2, 0.25) is 0 Å². The normalized spacial score (nSPS) is 28.4. The molecule has 0 spiro atoms. The summed E-state index contributed by atoms with van der Waals surface area (Å²) in [6.45, 7) is 4.43. The quantitative estimate of drug-likeness (QED) is 0.631. The third kappa shape index (κ3) is 4.26. The number of ketones is 1. The molecular formula is C15H27NO3. The highest BCUT2D eigenvalue weighted by atomic mass is 16.5. The molecule has 1 aliphatic carbocycles. The highest BCUT2D eigenvalue weighted by Crippen LogP contribution is 2.32. The Balaban J connectivity index is 1.66. The minimum absolute atomic E-state index is 0.316. The number of ether oxygens (including phenoxy) is 2. The number of carbonyl (C=O) groups excluding carboxylic acids is 1. The molecule has 2 fully saturated rings. The lowest BCUT2D eigenvalue weighted by Gasteiger charge is -2.28. The van der Waals surface area contributed by atoms with Gasteiger partial charge < -0.3 is 9.47 Å². The summed E-state index contributed by atoms with van der Waals surface area (Å²) in [5.41, 5.74) is 0. The first-order valence-corrected chi connectivity index (χ1v) is 7.66. The van der Waals surface area contributed by atoms with Crippen LogP contribution in [0.4, 0.5) is 0 Å². The molecule has 0 bridgehead atoms. The predicted molar refractivity (Wildman–Crippen MR) is 74.3 cm³/mol. The molecule has 1 heterocycles. The second-order valence-corrected chi connectivity index (χ2v) is 5.67. The maximum Gasteiger partial charge on any atom is 0.137 e. The summed E-state index contributed by atoms with van der Waals surface area (Å²) in [7, 11) is 1.72. The topological polar surface area (TPSA) is 38.8 Å². The van der Waals surface area contributed by atoms with E-state index in [1.54, 1.807) is 7.11 Å². The van der Waals surface area contributed by atoms with E-state index in [0.29, 0.717) is 17.7 Å². The number of rotatable bonds is 8. The summed E-state index contributed by atoms with van der Waals surface area (Å²) in [6, 6.07) is 0.498. The van der Waals surface area contributed by atoms with Gasteiger partial charge in [-0.15, -0.1) is 0 Å². The van der Waals surface area contributed by atoms with Crippen LogP contribution in [0.2, 0.25) is 0 Å². The molecule has 0 aromatic carbocycles. The highest BCUT2D eigenvalue weighted by Gasteiger charge is 2.37. The number of nitrogens with zero attached hydrogens (tertiary/aromatic N) is 1. The first-order valence-electron chi connectivity index (χ1n) is 7.66. The lowest BCUT2D eigenvalue weighted by atomic mass is 9.95. The van der Waals surface area contributed by atoms with Crippen molar-refractivity contribution >= 4 is 5.78 Å². The average molecular weight is 269 g/mol. The Hall–Kier alpha value is -0.450. The van der Waals surface area contributed by atoms with E-state index in [1.165, 1.54) is 12.8 Å². The van der Waals surface area contributed by atoms with Gasteiger partial charge in [-0.1, -0.05) is 0 Å². The van der Waals surface area contributed by atoms with Gasteiger partial charge >= 0.3 is 0 Å². The number of hydrogen-bond acceptors (Lipinski definition) is 4. The molecule has 2 aliphatic rings. The number of Topliss-reactive ketones (excluding diaryl/α,β-unsaturated/α-hetero) is 1. The van der Waals surface area contributed by atoms with E-state index in [4.69, 9.17) is 9.47 Å². The molecular weight excluding hydrogens is 242 g/mol. The molecule has 110 valence electrons. The molecule has 0 amide bonds. The maximum absolute atomic E-state index is 11.9. The second kappa shape index (κ2) is 7.98. The standard InChI is InChI=1S/C15H27NO3/c1-18-10-4-11-19-12-9-16-8-3-6-14(16)13-5-2-7-15(13)17/h13-14H,2-12H2,1H3. The van der Waals surface area contributed by atoms with Crippen molar-refractivity contribution in [2.45, 2.75) is 44.6 Å². The van der Waals surface area contributed by atoms with Crippen LogP contribution in [0.25, 0.3) is 0 Å². The Kier molecular flexibility index (Phi) is 6.28. The number of hydrogen-bond donors (Lipinski definition) is 0. The van der Waals surface area contributed by atoms with Crippen LogP contribution >= 0.6 is 0 Å². The monoisotopic (exact) mass is 269 g/mol. The third-order valence-corrected chi connectivity index (χ3v) is 4.39. The van der Waals surface area contributed by atoms with Crippen molar-refractivity contribution in [3.63, 3.8) is 0 Å². The minimum Gasteiger partial charge on any atom is -0.385 e. The number of carbonyl (C=O) groups is 1. The van der Waals surface area contributed by atoms with E-state index in [2.05, 4.69) is 4.90 Å². The molecule has 2 rings (SSSR count). The molecule has 1 aliphatic heterocycles. The van der Waals surface area contributed by atoms with Crippen LogP contribution < -0.4 is 0 Å². The molecule has 1 saturated heterocycles. The van der Waals surface area contributed by atoms with Crippen LogP contribution in [-0.2, 0) is 14.3 Å². The van der Waals surface area contributed by atoms with Gasteiger partial charge in [-0.25, -0.2) is 0 Å². The summed E-state index contributed by atoms with van der Waals surface area (Å²) in [5.74, 6) is 0.814. The minimum atomic E-state index is 0.316. The Labute approximate surface area is 116 Å². The van der Waals surface area contributed by atoms with E-state index < -0.39 is 0 Å². The van der Waals surface area contributed by atoms with Crippen LogP contribution in [0.1, 0.15) is 38.5 Å². The van der Waals surface area contributed by atoms with Crippen LogP contribution in [-0.4, -0.2) is 56.7 Å². The van der Waals surface area contributed by atoms with Gasteiger partial charge in [-0.05, 0) is 38.6 Å². The largest absolute Gasteiger partial charge is 0.385 e. The molecule has 1 saturated carbocycles. The molecule has 2 unspecified atom stereocenters. The summed E-state index contributed by atoms with van der Waals surface area (Å²) >= 11 is 0. The van der Waals surface area contributed by atoms with Gasteiger partial charge in [0.15, 0.2) is 0 Å². The van der Waals surface area contributed by atoms with Crippen molar-refractivity contribution in [1.29, 1.82) is 0 Å². The van der Waals surface area contributed by atoms with Crippen LogP contribution in [0, 0.1) is 5.92 Å². The summed E-state index contributed by atoms with van der Waals surface area (Å²) in [5, 5.41) is 0. The van der Waals surface area contributed by atoms with Gasteiger partial charge in [0.05, 0.1) is 6.61 Å². The van der Waals surface area contributed by atoms with Gasteiger partial charge in [0.25, 0.3) is 0 Å². The van der Waals surface area contributed by atoms with E-state index in [1.807, 2.05) is 0 Å². The maximum atomic E-state index is 11.9. The van der Waals surface area contributed by atoms with Crippen LogP contribution in [0.5, 0.6) is 0 Å². The number of likely N-dealkylation sites (tertiary alicyclic amines) is 1. The first-order chi connectivity index (χ1) is 9.33. The van der Waals surface area contributed by atoms with E-state index in [9.17, 15) is 4.79 Å². The summed E-state index contributed by atoms with van der Waals surface area (Å²) in [4.78, 5) is 14.4. The van der Waals surface area contributed by atoms with Gasteiger partial charge in [0, 0.05) is 45.2 Å². The Morgan fingerprint density at radius 1 is 1.21 bits per heavy atom. The van der Waals surface area contributed by atoms with Crippen LogP contribution in [0.15, 0.2) is 0 Å². The fourth-order valence-corrected chi connectivity index (χ4v) is 3.42. The van der Waals surface area contributed by atoms with Gasteiger partial charge in [-0.2, -0.15) is 0 Å². The Bertz CT molecular complexity index is 283. The third-order valence-electron chi connectivity index (χ3n) is 4.39. The second-order valence-electron chi connectivity index (χ2n) is 5.67. The Morgan fingerprint density at radius 2 is 2.11 bits per heavy atom. The molecule has 0 radical (unpaired) electrons. The van der Waals surface area contributed by atoms with E-state index in [0.717, 1.165) is 58.6 Å². The zero-order valence-corrected chi connectivity index (χ0v) is 12.1. The average Bonchev–Trinajstić information content (AvgIpc) is 3.02. The summed E-state index contributed by atoms with van der Waals surface area (Å²) in [6.07, 6.45) is 6.40. The SMILES string of the molecule is COCCCOCCN1CCCC1C1CCCC1=O. The van der Waals surface area contributed by atoms with Crippen molar-refractivity contribution in [1.82, 2.24) is 4.90 Å². The van der Waals surface area contributed by atoms with Crippen molar-refractivity contribution in [3.05, 3.63) is 0 Å². The van der Waals surface area contributed by atoms with Crippen molar-refractivity contribution in [3.8, 4) is 0 Å². The summed E-state index contributed by atoms with van der Waals surface area (Å²) < 4.78 is 10.6. The molecule has 0 N–H and O–H groups in total. The smallest absolute Gasteiger partial charge is 0.137 e. The van der Waals surface area contributed by atoms with Gasteiger partial charge in [-0.3, -0.25) is 9.69 Å².